The summed E-state index contributed by atoms with van der Waals surface area (Å²) in [5.74, 6) is 0.816. The normalized spacial score (nSPS) is 19.6. The van der Waals surface area contributed by atoms with Gasteiger partial charge in [0.2, 0.25) is 5.91 Å². The predicted octanol–water partition coefficient (Wildman–Crippen LogP) is 4.77. The van der Waals surface area contributed by atoms with Gasteiger partial charge in [0.15, 0.2) is 0 Å². The van der Waals surface area contributed by atoms with E-state index in [4.69, 9.17) is 4.74 Å². The van der Waals surface area contributed by atoms with Crippen LogP contribution in [0, 0.1) is 25.2 Å². The van der Waals surface area contributed by atoms with Crippen LogP contribution in [0.2, 0.25) is 0 Å². The van der Waals surface area contributed by atoms with Gasteiger partial charge in [-0.15, -0.1) is 0 Å². The molecule has 1 amide bonds. The van der Waals surface area contributed by atoms with Gasteiger partial charge in [0.05, 0.1) is 5.41 Å². The van der Waals surface area contributed by atoms with Gasteiger partial charge in [0.25, 0.3) is 0 Å². The molecule has 0 radical (unpaired) electrons. The summed E-state index contributed by atoms with van der Waals surface area (Å²) < 4.78 is 5.65. The van der Waals surface area contributed by atoms with Gasteiger partial charge in [-0.05, 0) is 88.7 Å². The molecule has 32 heavy (non-hydrogen) atoms. The fourth-order valence-corrected chi connectivity index (χ4v) is 5.33. The third-order valence-electron chi connectivity index (χ3n) is 7.35. The molecule has 1 N–H and O–H groups in total. The number of rotatable bonds is 6. The molecule has 2 heterocycles. The molecule has 4 nitrogen and oxygen atoms in total. The predicted molar refractivity (Wildman–Crippen MR) is 131 cm³/mol. The van der Waals surface area contributed by atoms with Gasteiger partial charge in [0, 0.05) is 19.8 Å². The summed E-state index contributed by atoms with van der Waals surface area (Å²) in [4.78, 5) is 15.9. The van der Waals surface area contributed by atoms with Crippen LogP contribution in [0.5, 0.6) is 0 Å². The zero-order valence-corrected chi connectivity index (χ0v) is 20.0. The van der Waals surface area contributed by atoms with E-state index in [2.05, 4.69) is 73.6 Å². The minimum Gasteiger partial charge on any atom is -0.381 e. The molecule has 2 saturated heterocycles. The van der Waals surface area contributed by atoms with E-state index in [9.17, 15) is 4.79 Å². The first-order valence-electron chi connectivity index (χ1n) is 12.2. The van der Waals surface area contributed by atoms with Crippen molar-refractivity contribution in [3.8, 4) is 11.1 Å². The smallest absolute Gasteiger partial charge is 0.226 e. The quantitative estimate of drug-likeness (QED) is 0.712. The second kappa shape index (κ2) is 10.2. The van der Waals surface area contributed by atoms with Crippen LogP contribution in [0.25, 0.3) is 11.1 Å². The molecule has 2 aliphatic heterocycles. The Labute approximate surface area is 193 Å². The monoisotopic (exact) mass is 434 g/mol. The lowest BCUT2D eigenvalue weighted by Crippen LogP contribution is -2.48. The van der Waals surface area contributed by atoms with Crippen LogP contribution in [-0.2, 0) is 16.0 Å². The molecule has 0 aromatic heterocycles. The van der Waals surface area contributed by atoms with E-state index in [1.807, 2.05) is 0 Å². The Morgan fingerprint density at radius 3 is 2.41 bits per heavy atom. The molecule has 4 rings (SSSR count). The summed E-state index contributed by atoms with van der Waals surface area (Å²) in [5.41, 5.74) is 5.89. The molecule has 0 atom stereocenters. The molecular formula is C28H38N2O2. The lowest BCUT2D eigenvalue weighted by atomic mass is 9.74. The fraction of sp³-hybridized carbons (Fsp3) is 0.536. The molecule has 172 valence electrons. The number of carbonyl (C=O) groups excluding carboxylic acids is 1. The number of ether oxygens (including phenoxy) is 1. The molecule has 0 spiro atoms. The Kier molecular flexibility index (Phi) is 7.32. The number of amides is 1. The van der Waals surface area contributed by atoms with E-state index in [0.717, 1.165) is 38.9 Å². The van der Waals surface area contributed by atoms with Crippen molar-refractivity contribution in [2.75, 3.05) is 39.9 Å². The SMILES string of the molecule is Cc1cc(C)cc(-c2cccc(CC3(C(=O)NCC4CCN(C)CC4)CCOCC3)c2)c1. The summed E-state index contributed by atoms with van der Waals surface area (Å²) in [5, 5.41) is 3.35. The van der Waals surface area contributed by atoms with Crippen LogP contribution in [0.3, 0.4) is 0 Å². The van der Waals surface area contributed by atoms with E-state index < -0.39 is 0 Å². The highest BCUT2D eigenvalue weighted by Crippen LogP contribution is 2.36. The molecule has 4 heteroatoms. The van der Waals surface area contributed by atoms with Crippen molar-refractivity contribution in [2.24, 2.45) is 11.3 Å². The number of benzene rings is 2. The standard InChI is InChI=1S/C28H38N2O2/c1-21-15-22(2)17-26(16-21)25-6-4-5-24(18-25)19-28(9-13-32-14-10-28)27(31)29-20-23-7-11-30(3)12-8-23/h4-6,15-18,23H,7-14,19-20H2,1-3H3,(H,29,31). The van der Waals surface area contributed by atoms with E-state index in [1.54, 1.807) is 0 Å². The first-order chi connectivity index (χ1) is 15.4. The molecule has 0 saturated carbocycles. The topological polar surface area (TPSA) is 41.6 Å². The number of carbonyl (C=O) groups is 1. The van der Waals surface area contributed by atoms with Crippen molar-refractivity contribution < 1.29 is 9.53 Å². The van der Waals surface area contributed by atoms with E-state index in [1.165, 1.54) is 40.7 Å². The summed E-state index contributed by atoms with van der Waals surface area (Å²) in [6, 6.07) is 15.4. The molecular weight excluding hydrogens is 396 g/mol. The maximum Gasteiger partial charge on any atom is 0.226 e. The maximum absolute atomic E-state index is 13.5. The number of aryl methyl sites for hydroxylation is 2. The van der Waals surface area contributed by atoms with Crippen LogP contribution in [0.4, 0.5) is 0 Å². The van der Waals surface area contributed by atoms with Crippen LogP contribution < -0.4 is 5.32 Å². The van der Waals surface area contributed by atoms with Crippen molar-refractivity contribution >= 4 is 5.91 Å². The average molecular weight is 435 g/mol. The molecule has 2 aromatic carbocycles. The van der Waals surface area contributed by atoms with Crippen LogP contribution >= 0.6 is 0 Å². The van der Waals surface area contributed by atoms with Crippen molar-refractivity contribution in [1.82, 2.24) is 10.2 Å². The second-order valence-electron chi connectivity index (χ2n) is 10.1. The maximum atomic E-state index is 13.5. The van der Waals surface area contributed by atoms with Crippen molar-refractivity contribution in [1.29, 1.82) is 0 Å². The van der Waals surface area contributed by atoms with Crippen LogP contribution in [0.15, 0.2) is 42.5 Å². The van der Waals surface area contributed by atoms with Crippen LogP contribution in [-0.4, -0.2) is 50.7 Å². The second-order valence-corrected chi connectivity index (χ2v) is 10.1. The minimum absolute atomic E-state index is 0.219. The van der Waals surface area contributed by atoms with E-state index >= 15 is 0 Å². The zero-order chi connectivity index (χ0) is 22.6. The minimum atomic E-state index is -0.370. The highest BCUT2D eigenvalue weighted by atomic mass is 16.5. The zero-order valence-electron chi connectivity index (χ0n) is 20.0. The summed E-state index contributed by atoms with van der Waals surface area (Å²) >= 11 is 0. The van der Waals surface area contributed by atoms with Gasteiger partial charge in [0.1, 0.15) is 0 Å². The number of nitrogens with zero attached hydrogens (tertiary/aromatic N) is 1. The highest BCUT2D eigenvalue weighted by Gasteiger charge is 2.40. The van der Waals surface area contributed by atoms with Gasteiger partial charge < -0.3 is 15.0 Å². The highest BCUT2D eigenvalue weighted by molar-refractivity contribution is 5.83. The van der Waals surface area contributed by atoms with Gasteiger partial charge >= 0.3 is 0 Å². The Bertz CT molecular complexity index is 905. The van der Waals surface area contributed by atoms with E-state index in [-0.39, 0.29) is 11.3 Å². The van der Waals surface area contributed by atoms with Gasteiger partial charge in [-0.25, -0.2) is 0 Å². The summed E-state index contributed by atoms with van der Waals surface area (Å²) in [6.45, 7) is 8.68. The number of likely N-dealkylation sites (tertiary alicyclic amines) is 1. The third-order valence-corrected chi connectivity index (χ3v) is 7.35. The van der Waals surface area contributed by atoms with Crippen molar-refractivity contribution in [3.63, 3.8) is 0 Å². The molecule has 2 aromatic rings. The summed E-state index contributed by atoms with van der Waals surface area (Å²) in [6.07, 6.45) is 4.70. The van der Waals surface area contributed by atoms with Gasteiger partial charge in [-0.1, -0.05) is 53.6 Å². The first-order valence-corrected chi connectivity index (χ1v) is 12.2. The van der Waals surface area contributed by atoms with E-state index in [0.29, 0.717) is 19.1 Å². The van der Waals surface area contributed by atoms with Crippen LogP contribution in [0.1, 0.15) is 42.4 Å². The molecule has 0 bridgehead atoms. The number of hydrogen-bond donors (Lipinski definition) is 1. The molecule has 0 unspecified atom stereocenters. The molecule has 2 fully saturated rings. The number of piperidine rings is 1. The lowest BCUT2D eigenvalue weighted by Gasteiger charge is -2.37. The molecule has 2 aliphatic rings. The summed E-state index contributed by atoms with van der Waals surface area (Å²) in [7, 11) is 2.18. The van der Waals surface area contributed by atoms with Gasteiger partial charge in [-0.2, -0.15) is 0 Å². The lowest BCUT2D eigenvalue weighted by molar-refractivity contribution is -0.137. The Morgan fingerprint density at radius 1 is 1.03 bits per heavy atom. The molecule has 0 aliphatic carbocycles. The fourth-order valence-electron chi connectivity index (χ4n) is 5.33. The largest absolute Gasteiger partial charge is 0.381 e. The van der Waals surface area contributed by atoms with Crippen molar-refractivity contribution in [2.45, 2.75) is 46.0 Å². The van der Waals surface area contributed by atoms with Crippen molar-refractivity contribution in [3.05, 3.63) is 59.2 Å². The first kappa shape index (κ1) is 23.0. The Morgan fingerprint density at radius 2 is 1.72 bits per heavy atom. The third kappa shape index (κ3) is 5.60. The Balaban J connectivity index is 1.49. The number of nitrogens with one attached hydrogen (secondary N) is 1. The average Bonchev–Trinajstić information content (AvgIpc) is 2.78. The number of hydrogen-bond acceptors (Lipinski definition) is 3. The van der Waals surface area contributed by atoms with Gasteiger partial charge in [-0.3, -0.25) is 4.79 Å². The Hall–Kier alpha value is -2.17.